The molecule has 1 atom stereocenters. The molecule has 1 fully saturated rings. The molecule has 0 N–H and O–H groups in total. The fourth-order valence-electron chi connectivity index (χ4n) is 3.94. The second kappa shape index (κ2) is 7.84. The van der Waals surface area contributed by atoms with Crippen molar-refractivity contribution in [3.63, 3.8) is 0 Å². The van der Waals surface area contributed by atoms with Crippen LogP contribution in [0.1, 0.15) is 34.9 Å². The third-order valence-electron chi connectivity index (χ3n) is 5.41. The van der Waals surface area contributed by atoms with Crippen LogP contribution in [-0.4, -0.2) is 48.2 Å². The van der Waals surface area contributed by atoms with Crippen LogP contribution < -0.4 is 0 Å². The molecule has 5 rings (SSSR count). The Morgan fingerprint density at radius 3 is 2.90 bits per heavy atom. The summed E-state index contributed by atoms with van der Waals surface area (Å²) in [7, 11) is 0. The maximum absolute atomic E-state index is 12.8. The number of piperidine rings is 1. The topological polar surface area (TPSA) is 76.3 Å². The van der Waals surface area contributed by atoms with Gasteiger partial charge < -0.3 is 4.90 Å². The fourth-order valence-corrected chi connectivity index (χ4v) is 4.10. The smallest absolute Gasteiger partial charge is 0.274 e. The Morgan fingerprint density at radius 2 is 2.03 bits per heavy atom. The largest absolute Gasteiger partial charge is 0.337 e. The van der Waals surface area contributed by atoms with Crippen molar-refractivity contribution in [3.8, 4) is 11.4 Å². The number of amides is 1. The maximum atomic E-state index is 12.8. The normalized spacial score (nSPS) is 16.7. The average Bonchev–Trinajstić information content (AvgIpc) is 3.22. The van der Waals surface area contributed by atoms with Crippen molar-refractivity contribution >= 4 is 23.2 Å². The lowest BCUT2D eigenvalue weighted by Crippen LogP contribution is -2.39. The van der Waals surface area contributed by atoms with Crippen LogP contribution in [0.5, 0.6) is 0 Å². The van der Waals surface area contributed by atoms with Crippen molar-refractivity contribution in [2.75, 3.05) is 13.1 Å². The van der Waals surface area contributed by atoms with Gasteiger partial charge in [-0.25, -0.2) is 9.97 Å². The third kappa shape index (κ3) is 3.52. The number of halogens is 1. The van der Waals surface area contributed by atoms with Gasteiger partial charge in [-0.05, 0) is 37.1 Å². The average molecular weight is 419 g/mol. The minimum Gasteiger partial charge on any atom is -0.337 e. The summed E-state index contributed by atoms with van der Waals surface area (Å²) < 4.78 is 1.94. The number of fused-ring (bicyclic) bond motifs is 1. The molecule has 0 radical (unpaired) electrons. The first-order valence-electron chi connectivity index (χ1n) is 9.84. The Balaban J connectivity index is 1.42. The van der Waals surface area contributed by atoms with E-state index in [-0.39, 0.29) is 11.8 Å². The quantitative estimate of drug-likeness (QED) is 0.505. The van der Waals surface area contributed by atoms with E-state index in [9.17, 15) is 4.79 Å². The van der Waals surface area contributed by atoms with E-state index in [4.69, 9.17) is 16.6 Å². The van der Waals surface area contributed by atoms with Gasteiger partial charge in [0.2, 0.25) is 0 Å². The second-order valence-corrected chi connectivity index (χ2v) is 7.78. The zero-order valence-electron chi connectivity index (χ0n) is 16.1. The van der Waals surface area contributed by atoms with Gasteiger partial charge in [0, 0.05) is 43.3 Å². The van der Waals surface area contributed by atoms with E-state index in [2.05, 4.69) is 15.0 Å². The van der Waals surface area contributed by atoms with Crippen LogP contribution in [0.15, 0.2) is 61.3 Å². The first-order valence-corrected chi connectivity index (χ1v) is 10.2. The van der Waals surface area contributed by atoms with Crippen LogP contribution in [0.2, 0.25) is 5.02 Å². The SMILES string of the molecule is O=C(c1cnccn1)N1CCC[C@@H](c2cccc(-c3cnc4ccc(Cl)cn34)n2)C1. The van der Waals surface area contributed by atoms with Gasteiger partial charge in [-0.2, -0.15) is 0 Å². The van der Waals surface area contributed by atoms with Crippen molar-refractivity contribution in [2.24, 2.45) is 0 Å². The molecule has 0 bridgehead atoms. The molecule has 0 saturated carbocycles. The molecule has 0 aliphatic carbocycles. The standard InChI is InChI=1S/C22H19ClN6O/c23-16-6-7-21-26-12-20(29(21)14-16)18-5-1-4-17(27-18)15-3-2-10-28(13-15)22(30)19-11-24-8-9-25-19/h1,4-9,11-12,14-15H,2-3,10,13H2/t15-/m1/s1. The van der Waals surface area contributed by atoms with Crippen LogP contribution >= 0.6 is 11.6 Å². The third-order valence-corrected chi connectivity index (χ3v) is 5.64. The molecule has 8 heteroatoms. The molecule has 1 amide bonds. The van der Waals surface area contributed by atoms with E-state index in [0.29, 0.717) is 17.3 Å². The van der Waals surface area contributed by atoms with Gasteiger partial charge >= 0.3 is 0 Å². The molecule has 5 heterocycles. The van der Waals surface area contributed by atoms with Crippen molar-refractivity contribution < 1.29 is 4.79 Å². The predicted molar refractivity (Wildman–Crippen MR) is 113 cm³/mol. The molecule has 1 aliphatic heterocycles. The molecule has 4 aromatic rings. The molecule has 0 unspecified atom stereocenters. The van der Waals surface area contributed by atoms with Crippen LogP contribution in [-0.2, 0) is 0 Å². The number of carbonyl (C=O) groups excluding carboxylic acids is 1. The summed E-state index contributed by atoms with van der Waals surface area (Å²) in [5.41, 5.74) is 3.89. The van der Waals surface area contributed by atoms with E-state index in [0.717, 1.165) is 42.1 Å². The van der Waals surface area contributed by atoms with Gasteiger partial charge in [0.25, 0.3) is 5.91 Å². The minimum atomic E-state index is -0.0830. The minimum absolute atomic E-state index is 0.0830. The molecule has 0 spiro atoms. The lowest BCUT2D eigenvalue weighted by Gasteiger charge is -2.32. The number of imidazole rings is 1. The molecular weight excluding hydrogens is 400 g/mol. The Morgan fingerprint density at radius 1 is 1.10 bits per heavy atom. The van der Waals surface area contributed by atoms with E-state index < -0.39 is 0 Å². The second-order valence-electron chi connectivity index (χ2n) is 7.35. The molecule has 150 valence electrons. The summed E-state index contributed by atoms with van der Waals surface area (Å²) in [6.07, 6.45) is 10.2. The summed E-state index contributed by atoms with van der Waals surface area (Å²) in [6.45, 7) is 1.34. The summed E-state index contributed by atoms with van der Waals surface area (Å²) in [5.74, 6) is 0.0856. The molecular formula is C22H19ClN6O. The van der Waals surface area contributed by atoms with Gasteiger partial charge in [0.05, 0.1) is 28.8 Å². The Bertz CT molecular complexity index is 1210. The number of likely N-dealkylation sites (tertiary alicyclic amines) is 1. The molecule has 4 aromatic heterocycles. The fraction of sp³-hybridized carbons (Fsp3) is 0.227. The number of aromatic nitrogens is 5. The number of pyridine rings is 2. The number of rotatable bonds is 3. The zero-order valence-corrected chi connectivity index (χ0v) is 16.9. The zero-order chi connectivity index (χ0) is 20.5. The summed E-state index contributed by atoms with van der Waals surface area (Å²) in [5, 5.41) is 0.642. The molecule has 1 saturated heterocycles. The number of nitrogens with zero attached hydrogens (tertiary/aromatic N) is 6. The highest BCUT2D eigenvalue weighted by molar-refractivity contribution is 6.30. The molecule has 0 aromatic carbocycles. The van der Waals surface area contributed by atoms with Crippen molar-refractivity contribution in [1.82, 2.24) is 29.2 Å². The summed E-state index contributed by atoms with van der Waals surface area (Å²) in [4.78, 5) is 32.2. The van der Waals surface area contributed by atoms with E-state index >= 15 is 0 Å². The first-order chi connectivity index (χ1) is 14.7. The highest BCUT2D eigenvalue weighted by Gasteiger charge is 2.27. The van der Waals surface area contributed by atoms with Gasteiger partial charge in [0.1, 0.15) is 11.3 Å². The van der Waals surface area contributed by atoms with Crippen LogP contribution in [0, 0.1) is 0 Å². The van der Waals surface area contributed by atoms with Crippen molar-refractivity contribution in [3.05, 3.63) is 77.7 Å². The summed E-state index contributed by atoms with van der Waals surface area (Å²) >= 11 is 6.17. The Labute approximate surface area is 178 Å². The van der Waals surface area contributed by atoms with E-state index in [1.807, 2.05) is 52.0 Å². The first kappa shape index (κ1) is 18.7. The Kier molecular flexibility index (Phi) is 4.88. The van der Waals surface area contributed by atoms with E-state index in [1.54, 1.807) is 12.4 Å². The number of carbonyl (C=O) groups is 1. The lowest BCUT2D eigenvalue weighted by atomic mass is 9.94. The summed E-state index contributed by atoms with van der Waals surface area (Å²) in [6, 6.07) is 9.71. The van der Waals surface area contributed by atoms with Crippen LogP contribution in [0.4, 0.5) is 0 Å². The highest BCUT2D eigenvalue weighted by Crippen LogP contribution is 2.29. The van der Waals surface area contributed by atoms with Gasteiger partial charge in [-0.15, -0.1) is 0 Å². The number of hydrogen-bond acceptors (Lipinski definition) is 5. The van der Waals surface area contributed by atoms with Gasteiger partial charge in [-0.1, -0.05) is 17.7 Å². The van der Waals surface area contributed by atoms with Crippen LogP contribution in [0.25, 0.3) is 17.0 Å². The van der Waals surface area contributed by atoms with Gasteiger partial charge in [0.15, 0.2) is 0 Å². The molecule has 7 nitrogen and oxygen atoms in total. The van der Waals surface area contributed by atoms with E-state index in [1.165, 1.54) is 6.20 Å². The maximum Gasteiger partial charge on any atom is 0.274 e. The monoisotopic (exact) mass is 418 g/mol. The highest BCUT2D eigenvalue weighted by atomic mass is 35.5. The van der Waals surface area contributed by atoms with Crippen molar-refractivity contribution in [1.29, 1.82) is 0 Å². The van der Waals surface area contributed by atoms with Gasteiger partial charge in [-0.3, -0.25) is 19.2 Å². The number of hydrogen-bond donors (Lipinski definition) is 0. The lowest BCUT2D eigenvalue weighted by molar-refractivity contribution is 0.0699. The van der Waals surface area contributed by atoms with Crippen molar-refractivity contribution in [2.45, 2.75) is 18.8 Å². The van der Waals surface area contributed by atoms with Crippen LogP contribution in [0.3, 0.4) is 0 Å². The molecule has 1 aliphatic rings. The predicted octanol–water partition coefficient (Wildman–Crippen LogP) is 3.86. The Hall–Kier alpha value is -3.32. The molecule has 30 heavy (non-hydrogen) atoms.